The van der Waals surface area contributed by atoms with Crippen LogP contribution in [-0.4, -0.2) is 30.1 Å². The summed E-state index contributed by atoms with van der Waals surface area (Å²) in [6, 6.07) is 0. The smallest absolute Gasteiger partial charge is 0.303 e. The van der Waals surface area contributed by atoms with E-state index in [4.69, 9.17) is 9.47 Å². The van der Waals surface area contributed by atoms with Gasteiger partial charge in [-0.15, -0.1) is 0 Å². The Bertz CT molecular complexity index is 1030. The van der Waals surface area contributed by atoms with Gasteiger partial charge in [0.1, 0.15) is 18.0 Å². The van der Waals surface area contributed by atoms with Gasteiger partial charge in [-0.05, 0) is 80.5 Å². The van der Waals surface area contributed by atoms with Gasteiger partial charge in [-0.3, -0.25) is 9.59 Å². The standard InChI is InChI=1S/C32H48O4/c1-18(2)16-23-28(35-20(4)33)19(3)27-24(36-23)17-32(9)22-10-11-25-29(5,6)26(34)13-14-30(25,7)21(22)12-15-31(27,32)8/h16,19,23-25,27-28H,10-15,17H2,1-9H3/t19-,23-,24+,25-,27-,28+,30+,31+,32-/m0/s1. The van der Waals surface area contributed by atoms with Crippen molar-refractivity contribution in [1.82, 2.24) is 0 Å². The van der Waals surface area contributed by atoms with Gasteiger partial charge < -0.3 is 9.47 Å². The van der Waals surface area contributed by atoms with Crippen LogP contribution in [-0.2, 0) is 19.1 Å². The van der Waals surface area contributed by atoms with Gasteiger partial charge in [-0.25, -0.2) is 0 Å². The van der Waals surface area contributed by atoms with Crippen LogP contribution in [0.25, 0.3) is 0 Å². The maximum Gasteiger partial charge on any atom is 0.303 e. The Labute approximate surface area is 218 Å². The van der Waals surface area contributed by atoms with E-state index in [1.165, 1.54) is 12.5 Å². The van der Waals surface area contributed by atoms with Crippen molar-refractivity contribution in [3.05, 3.63) is 22.8 Å². The third kappa shape index (κ3) is 3.41. The molecule has 36 heavy (non-hydrogen) atoms. The molecule has 1 heterocycles. The van der Waals surface area contributed by atoms with Crippen LogP contribution in [0.4, 0.5) is 0 Å². The van der Waals surface area contributed by atoms with Crippen molar-refractivity contribution < 1.29 is 19.1 Å². The first-order chi connectivity index (χ1) is 16.7. The van der Waals surface area contributed by atoms with E-state index < -0.39 is 0 Å². The Hall–Kier alpha value is -1.42. The minimum absolute atomic E-state index is 0.0738. The molecule has 0 radical (unpaired) electrons. The molecule has 0 N–H and O–H groups in total. The maximum absolute atomic E-state index is 12.9. The summed E-state index contributed by atoms with van der Waals surface area (Å²) in [5, 5.41) is 0. The number of fused-ring (bicyclic) bond motifs is 6. The molecule has 0 unspecified atom stereocenters. The highest BCUT2D eigenvalue weighted by molar-refractivity contribution is 5.85. The van der Waals surface area contributed by atoms with E-state index in [-0.39, 0.29) is 51.9 Å². The third-order valence-electron chi connectivity index (χ3n) is 12.1. The van der Waals surface area contributed by atoms with E-state index in [0.29, 0.717) is 24.0 Å². The van der Waals surface area contributed by atoms with Gasteiger partial charge in [0.2, 0.25) is 0 Å². The molecule has 2 saturated carbocycles. The molecule has 5 rings (SSSR count). The second kappa shape index (κ2) is 8.29. The van der Waals surface area contributed by atoms with Gasteiger partial charge in [0.15, 0.2) is 0 Å². The van der Waals surface area contributed by atoms with E-state index >= 15 is 0 Å². The molecule has 1 aliphatic heterocycles. The molecule has 4 aliphatic carbocycles. The fourth-order valence-corrected chi connectivity index (χ4v) is 10.2. The van der Waals surface area contributed by atoms with E-state index in [1.54, 1.807) is 11.1 Å². The molecule has 200 valence electrons. The number of allylic oxidation sites excluding steroid dienone is 3. The van der Waals surface area contributed by atoms with Crippen molar-refractivity contribution in [2.45, 2.75) is 126 Å². The number of carbonyl (C=O) groups excluding carboxylic acids is 2. The molecule has 0 spiro atoms. The topological polar surface area (TPSA) is 52.6 Å². The normalized spacial score (nSPS) is 47.3. The number of hydrogen-bond donors (Lipinski definition) is 0. The number of esters is 1. The van der Waals surface area contributed by atoms with Crippen LogP contribution in [0.5, 0.6) is 0 Å². The minimum atomic E-state index is -0.244. The molecule has 3 fully saturated rings. The molecular formula is C32H48O4. The summed E-state index contributed by atoms with van der Waals surface area (Å²) in [7, 11) is 0. The summed E-state index contributed by atoms with van der Waals surface area (Å²) >= 11 is 0. The van der Waals surface area contributed by atoms with Gasteiger partial charge >= 0.3 is 5.97 Å². The first-order valence-corrected chi connectivity index (χ1v) is 14.4. The van der Waals surface area contributed by atoms with Crippen molar-refractivity contribution in [3.8, 4) is 0 Å². The molecule has 1 saturated heterocycles. The summed E-state index contributed by atoms with van der Waals surface area (Å²) in [6.45, 7) is 19.9. The van der Waals surface area contributed by atoms with Crippen LogP contribution >= 0.6 is 0 Å². The van der Waals surface area contributed by atoms with Gasteiger partial charge in [0.25, 0.3) is 0 Å². The number of carbonyl (C=O) groups is 2. The summed E-state index contributed by atoms with van der Waals surface area (Å²) < 4.78 is 12.8. The molecule has 5 aliphatic rings. The Morgan fingerprint density at radius 2 is 1.69 bits per heavy atom. The summed E-state index contributed by atoms with van der Waals surface area (Å²) in [6.07, 6.45) is 9.15. The van der Waals surface area contributed by atoms with Crippen LogP contribution in [0.15, 0.2) is 22.8 Å². The second-order valence-corrected chi connectivity index (χ2v) is 14.4. The number of rotatable bonds is 2. The first-order valence-electron chi connectivity index (χ1n) is 14.4. The predicted octanol–water partition coefficient (Wildman–Crippen LogP) is 7.22. The van der Waals surface area contributed by atoms with Crippen molar-refractivity contribution in [2.24, 2.45) is 39.4 Å². The largest absolute Gasteiger partial charge is 0.459 e. The lowest BCUT2D eigenvalue weighted by atomic mass is 9.43. The van der Waals surface area contributed by atoms with Crippen LogP contribution in [0.2, 0.25) is 0 Å². The molecule has 0 aromatic rings. The molecule has 0 aromatic heterocycles. The molecule has 4 nitrogen and oxygen atoms in total. The van der Waals surface area contributed by atoms with Crippen LogP contribution in [0, 0.1) is 39.4 Å². The lowest BCUT2D eigenvalue weighted by molar-refractivity contribution is -0.191. The van der Waals surface area contributed by atoms with Gasteiger partial charge in [-0.2, -0.15) is 0 Å². The highest BCUT2D eigenvalue weighted by Gasteiger charge is 2.68. The van der Waals surface area contributed by atoms with Crippen LogP contribution in [0.1, 0.15) is 107 Å². The lowest BCUT2D eigenvalue weighted by Gasteiger charge is -2.61. The molecular weight excluding hydrogens is 448 g/mol. The number of hydrogen-bond acceptors (Lipinski definition) is 4. The molecule has 9 atom stereocenters. The summed E-state index contributed by atoms with van der Waals surface area (Å²) in [4.78, 5) is 25.0. The van der Waals surface area contributed by atoms with E-state index in [0.717, 1.165) is 38.5 Å². The molecule has 0 aromatic carbocycles. The number of ketones is 1. The van der Waals surface area contributed by atoms with Crippen LogP contribution in [0.3, 0.4) is 0 Å². The highest BCUT2D eigenvalue weighted by atomic mass is 16.6. The Balaban J connectivity index is 1.56. The molecule has 0 amide bonds. The van der Waals surface area contributed by atoms with Gasteiger partial charge in [0, 0.05) is 24.7 Å². The summed E-state index contributed by atoms with van der Waals surface area (Å²) in [5.74, 6) is 1.27. The molecule has 0 bridgehead atoms. The fourth-order valence-electron chi connectivity index (χ4n) is 10.2. The van der Waals surface area contributed by atoms with Gasteiger partial charge in [0.05, 0.1) is 6.10 Å². The van der Waals surface area contributed by atoms with E-state index in [9.17, 15) is 9.59 Å². The van der Waals surface area contributed by atoms with Gasteiger partial charge in [-0.1, -0.05) is 64.3 Å². The zero-order valence-corrected chi connectivity index (χ0v) is 24.1. The Kier molecular flexibility index (Phi) is 6.03. The fraction of sp³-hybridized carbons (Fsp3) is 0.812. The van der Waals surface area contributed by atoms with Crippen molar-refractivity contribution >= 4 is 11.8 Å². The first kappa shape index (κ1) is 26.2. The van der Waals surface area contributed by atoms with E-state index in [1.807, 2.05) is 0 Å². The average molecular weight is 497 g/mol. The van der Waals surface area contributed by atoms with Crippen molar-refractivity contribution in [2.75, 3.05) is 0 Å². The zero-order valence-electron chi connectivity index (χ0n) is 24.1. The Morgan fingerprint density at radius 3 is 2.33 bits per heavy atom. The zero-order chi connectivity index (χ0) is 26.4. The quantitative estimate of drug-likeness (QED) is 0.299. The highest BCUT2D eigenvalue weighted by Crippen LogP contribution is 2.73. The average Bonchev–Trinajstić information content (AvgIpc) is 3.00. The maximum atomic E-state index is 12.9. The van der Waals surface area contributed by atoms with Crippen molar-refractivity contribution in [1.29, 1.82) is 0 Å². The predicted molar refractivity (Wildman–Crippen MR) is 142 cm³/mol. The SMILES string of the molecule is CC(=O)O[C@@H]1[C@@H](C)[C@H]2[C@@H](C[C@@]3(C)C4=C(CC[C@]23C)[C@@]2(C)CCC(=O)C(C)(C)[C@@H]2CC4)O[C@H]1C=C(C)C. The monoisotopic (exact) mass is 496 g/mol. The molecule has 4 heteroatoms. The van der Waals surface area contributed by atoms with E-state index in [2.05, 4.69) is 61.5 Å². The Morgan fingerprint density at radius 1 is 1.00 bits per heavy atom. The van der Waals surface area contributed by atoms with Crippen LogP contribution < -0.4 is 0 Å². The van der Waals surface area contributed by atoms with Crippen molar-refractivity contribution in [3.63, 3.8) is 0 Å². The third-order valence-corrected chi connectivity index (χ3v) is 12.1. The number of ether oxygens (including phenoxy) is 2. The lowest BCUT2D eigenvalue weighted by Crippen LogP contribution is -2.56. The number of Topliss-reactive ketones (excluding diaryl/α,β-unsaturated/α-hetero) is 1. The summed E-state index contributed by atoms with van der Waals surface area (Å²) in [5.41, 5.74) is 4.64. The minimum Gasteiger partial charge on any atom is -0.459 e. The second-order valence-electron chi connectivity index (χ2n) is 14.4.